The van der Waals surface area contributed by atoms with Gasteiger partial charge in [-0.1, -0.05) is 20.3 Å². The van der Waals surface area contributed by atoms with Crippen molar-refractivity contribution in [2.24, 2.45) is 5.92 Å². The summed E-state index contributed by atoms with van der Waals surface area (Å²) in [5, 5.41) is 3.04. The van der Waals surface area contributed by atoms with Crippen molar-refractivity contribution in [3.8, 4) is 0 Å². The van der Waals surface area contributed by atoms with E-state index in [1.165, 1.54) is 0 Å². The Kier molecular flexibility index (Phi) is 4.27. The molecule has 0 bridgehead atoms. The molecular formula is C10H15ClFN3. The normalized spacial score (nSPS) is 14.7. The average molecular weight is 232 g/mol. The van der Waals surface area contributed by atoms with E-state index in [4.69, 9.17) is 11.6 Å². The summed E-state index contributed by atoms with van der Waals surface area (Å²) in [6.07, 6.45) is 2.09. The molecule has 5 heteroatoms. The van der Waals surface area contributed by atoms with Crippen molar-refractivity contribution in [1.82, 2.24) is 9.97 Å². The molecule has 0 aliphatic carbocycles. The molecule has 1 rings (SSSR count). The van der Waals surface area contributed by atoms with Gasteiger partial charge in [0.15, 0.2) is 11.6 Å². The molecule has 0 amide bonds. The summed E-state index contributed by atoms with van der Waals surface area (Å²) < 4.78 is 13.3. The molecule has 3 nitrogen and oxygen atoms in total. The van der Waals surface area contributed by atoms with Crippen LogP contribution >= 0.6 is 11.6 Å². The molecule has 1 N–H and O–H groups in total. The van der Waals surface area contributed by atoms with Crippen LogP contribution in [0.4, 0.5) is 10.2 Å². The predicted octanol–water partition coefficient (Wildman–Crippen LogP) is 3.12. The Hall–Kier alpha value is -0.900. The Labute approximate surface area is 94.1 Å². The van der Waals surface area contributed by atoms with E-state index in [1.807, 2.05) is 6.92 Å². The van der Waals surface area contributed by atoms with Crippen LogP contribution in [0.25, 0.3) is 0 Å². The highest BCUT2D eigenvalue weighted by atomic mass is 35.5. The molecule has 0 spiro atoms. The molecule has 2 atom stereocenters. The quantitative estimate of drug-likeness (QED) is 0.810. The monoisotopic (exact) mass is 231 g/mol. The Bertz CT molecular complexity index is 332. The van der Waals surface area contributed by atoms with Gasteiger partial charge in [-0.2, -0.15) is 4.98 Å². The molecule has 15 heavy (non-hydrogen) atoms. The minimum absolute atomic E-state index is 0.0512. The van der Waals surface area contributed by atoms with E-state index in [0.717, 1.165) is 12.6 Å². The van der Waals surface area contributed by atoms with Crippen molar-refractivity contribution in [3.63, 3.8) is 0 Å². The zero-order valence-electron chi connectivity index (χ0n) is 9.09. The van der Waals surface area contributed by atoms with Crippen LogP contribution in [0.2, 0.25) is 5.28 Å². The van der Waals surface area contributed by atoms with Gasteiger partial charge in [0.1, 0.15) is 0 Å². The third-order valence-electron chi connectivity index (χ3n) is 2.58. The first kappa shape index (κ1) is 12.2. The van der Waals surface area contributed by atoms with E-state index in [-0.39, 0.29) is 17.1 Å². The van der Waals surface area contributed by atoms with E-state index in [9.17, 15) is 4.39 Å². The van der Waals surface area contributed by atoms with Gasteiger partial charge in [-0.15, -0.1) is 0 Å². The van der Waals surface area contributed by atoms with Gasteiger partial charge in [-0.25, -0.2) is 9.37 Å². The summed E-state index contributed by atoms with van der Waals surface area (Å²) in [5.41, 5.74) is 0. The van der Waals surface area contributed by atoms with E-state index in [0.29, 0.717) is 5.92 Å². The SMILES string of the molecule is CCC(C)C(C)Nc1nc(Cl)ncc1F. The molecule has 0 aromatic carbocycles. The fourth-order valence-corrected chi connectivity index (χ4v) is 1.29. The molecule has 84 valence electrons. The van der Waals surface area contributed by atoms with Crippen molar-refractivity contribution in [1.29, 1.82) is 0 Å². The zero-order valence-corrected chi connectivity index (χ0v) is 9.85. The molecule has 0 fully saturated rings. The van der Waals surface area contributed by atoms with E-state index in [2.05, 4.69) is 29.1 Å². The number of hydrogen-bond acceptors (Lipinski definition) is 3. The number of hydrogen-bond donors (Lipinski definition) is 1. The number of aromatic nitrogens is 2. The maximum absolute atomic E-state index is 13.3. The minimum Gasteiger partial charge on any atom is -0.365 e. The molecule has 0 radical (unpaired) electrons. The van der Waals surface area contributed by atoms with Crippen LogP contribution in [0, 0.1) is 11.7 Å². The lowest BCUT2D eigenvalue weighted by atomic mass is 10.0. The molecule has 1 aromatic rings. The van der Waals surface area contributed by atoms with Crippen molar-refractivity contribution in [3.05, 3.63) is 17.3 Å². The van der Waals surface area contributed by atoms with Gasteiger partial charge in [-0.3, -0.25) is 0 Å². The van der Waals surface area contributed by atoms with Crippen molar-refractivity contribution in [2.75, 3.05) is 5.32 Å². The highest BCUT2D eigenvalue weighted by Crippen LogP contribution is 2.16. The maximum atomic E-state index is 13.3. The van der Waals surface area contributed by atoms with Gasteiger partial charge in [-0.05, 0) is 24.4 Å². The zero-order chi connectivity index (χ0) is 11.4. The molecule has 1 heterocycles. The Morgan fingerprint density at radius 3 is 2.80 bits per heavy atom. The average Bonchev–Trinajstić information content (AvgIpc) is 2.22. The Balaban J connectivity index is 2.75. The van der Waals surface area contributed by atoms with Gasteiger partial charge in [0.05, 0.1) is 6.20 Å². The summed E-state index contributed by atoms with van der Waals surface area (Å²) in [7, 11) is 0. The topological polar surface area (TPSA) is 37.8 Å². The van der Waals surface area contributed by atoms with Gasteiger partial charge >= 0.3 is 0 Å². The van der Waals surface area contributed by atoms with Crippen LogP contribution in [0.15, 0.2) is 6.20 Å². The number of nitrogens with zero attached hydrogens (tertiary/aromatic N) is 2. The summed E-state index contributed by atoms with van der Waals surface area (Å²) >= 11 is 5.58. The number of anilines is 1. The lowest BCUT2D eigenvalue weighted by Gasteiger charge is -2.20. The number of halogens is 2. The summed E-state index contributed by atoms with van der Waals surface area (Å²) in [6, 6.07) is 0.149. The van der Waals surface area contributed by atoms with Crippen LogP contribution < -0.4 is 5.32 Å². The molecule has 0 saturated heterocycles. The third kappa shape index (κ3) is 3.30. The molecule has 1 aromatic heterocycles. The Morgan fingerprint density at radius 1 is 1.53 bits per heavy atom. The number of nitrogens with one attached hydrogen (secondary N) is 1. The minimum atomic E-state index is -0.477. The van der Waals surface area contributed by atoms with Crippen LogP contribution in [-0.2, 0) is 0 Å². The van der Waals surface area contributed by atoms with Gasteiger partial charge < -0.3 is 5.32 Å². The van der Waals surface area contributed by atoms with Crippen molar-refractivity contribution in [2.45, 2.75) is 33.2 Å². The first-order chi connectivity index (χ1) is 7.04. The lowest BCUT2D eigenvalue weighted by Crippen LogP contribution is -2.24. The van der Waals surface area contributed by atoms with Crippen LogP contribution in [0.5, 0.6) is 0 Å². The van der Waals surface area contributed by atoms with E-state index < -0.39 is 5.82 Å². The third-order valence-corrected chi connectivity index (χ3v) is 2.76. The highest BCUT2D eigenvalue weighted by molar-refractivity contribution is 6.28. The summed E-state index contributed by atoms with van der Waals surface area (Å²) in [5.74, 6) is 0.135. The molecule has 0 aliphatic heterocycles. The largest absolute Gasteiger partial charge is 0.365 e. The highest BCUT2D eigenvalue weighted by Gasteiger charge is 2.13. The number of rotatable bonds is 4. The fraction of sp³-hybridized carbons (Fsp3) is 0.600. The van der Waals surface area contributed by atoms with Crippen molar-refractivity contribution >= 4 is 17.4 Å². The molecule has 0 saturated carbocycles. The van der Waals surface area contributed by atoms with Crippen LogP contribution in [0.1, 0.15) is 27.2 Å². The maximum Gasteiger partial charge on any atom is 0.224 e. The summed E-state index contributed by atoms with van der Waals surface area (Å²) in [6.45, 7) is 6.17. The second-order valence-corrected chi connectivity index (χ2v) is 3.99. The van der Waals surface area contributed by atoms with Crippen molar-refractivity contribution < 1.29 is 4.39 Å². The molecule has 2 unspecified atom stereocenters. The first-order valence-corrected chi connectivity index (χ1v) is 5.37. The predicted molar refractivity (Wildman–Crippen MR) is 59.5 cm³/mol. The van der Waals surface area contributed by atoms with E-state index in [1.54, 1.807) is 0 Å². The smallest absolute Gasteiger partial charge is 0.224 e. The lowest BCUT2D eigenvalue weighted by molar-refractivity contribution is 0.489. The Morgan fingerprint density at radius 2 is 2.20 bits per heavy atom. The molecule has 0 aliphatic rings. The first-order valence-electron chi connectivity index (χ1n) is 4.99. The van der Waals surface area contributed by atoms with Crippen LogP contribution in [0.3, 0.4) is 0 Å². The van der Waals surface area contributed by atoms with E-state index >= 15 is 0 Å². The summed E-state index contributed by atoms with van der Waals surface area (Å²) in [4.78, 5) is 7.35. The van der Waals surface area contributed by atoms with Gasteiger partial charge in [0.2, 0.25) is 5.28 Å². The van der Waals surface area contributed by atoms with Gasteiger partial charge in [0.25, 0.3) is 0 Å². The standard InChI is InChI=1S/C10H15ClFN3/c1-4-6(2)7(3)14-9-8(12)5-13-10(11)15-9/h5-7H,4H2,1-3H3,(H,13,14,15). The second-order valence-electron chi connectivity index (χ2n) is 3.65. The van der Waals surface area contributed by atoms with Crippen LogP contribution in [-0.4, -0.2) is 16.0 Å². The second kappa shape index (κ2) is 5.26. The van der Waals surface area contributed by atoms with Gasteiger partial charge in [0, 0.05) is 6.04 Å². The fourth-order valence-electron chi connectivity index (χ4n) is 1.16. The molecular weight excluding hydrogens is 217 g/mol.